The summed E-state index contributed by atoms with van der Waals surface area (Å²) in [6.45, 7) is 6.08. The highest BCUT2D eigenvalue weighted by Crippen LogP contribution is 2.24. The fraction of sp³-hybridized carbons (Fsp3) is 0.391. The van der Waals surface area contributed by atoms with Crippen LogP contribution in [0.2, 0.25) is 0 Å². The third-order valence-electron chi connectivity index (χ3n) is 5.35. The fourth-order valence-electron chi connectivity index (χ4n) is 3.93. The van der Waals surface area contributed by atoms with Crippen molar-refractivity contribution in [3.05, 3.63) is 77.3 Å². The first-order valence-corrected chi connectivity index (χ1v) is 10.1. The summed E-state index contributed by atoms with van der Waals surface area (Å²) in [4.78, 5) is 20.7. The van der Waals surface area contributed by atoms with Gasteiger partial charge in [0.15, 0.2) is 0 Å². The molecule has 0 N–H and O–H groups in total. The highest BCUT2D eigenvalue weighted by atomic mass is 15.2. The number of rotatable bonds is 5. The zero-order valence-corrected chi connectivity index (χ0v) is 16.7. The van der Waals surface area contributed by atoms with Gasteiger partial charge in [-0.3, -0.25) is 0 Å². The van der Waals surface area contributed by atoms with Crippen LogP contribution in [0.25, 0.3) is 0 Å². The summed E-state index contributed by atoms with van der Waals surface area (Å²) in [6.07, 6.45) is 5.96. The van der Waals surface area contributed by atoms with Gasteiger partial charge in [-0.25, -0.2) is 19.9 Å². The van der Waals surface area contributed by atoms with Gasteiger partial charge in [0.2, 0.25) is 0 Å². The van der Waals surface area contributed by atoms with Crippen LogP contribution in [0.15, 0.2) is 48.7 Å². The van der Waals surface area contributed by atoms with Gasteiger partial charge in [0.25, 0.3) is 0 Å². The molecule has 5 heteroatoms. The molecule has 1 saturated heterocycles. The molecule has 1 aliphatic rings. The van der Waals surface area contributed by atoms with E-state index in [-0.39, 0.29) is 0 Å². The maximum absolute atomic E-state index is 4.87. The Labute approximate surface area is 166 Å². The maximum atomic E-state index is 4.87. The van der Waals surface area contributed by atoms with Crippen molar-refractivity contribution in [3.8, 4) is 0 Å². The summed E-state index contributed by atoms with van der Waals surface area (Å²) in [5.74, 6) is 3.49. The van der Waals surface area contributed by atoms with E-state index in [1.165, 1.54) is 5.56 Å². The molecule has 28 heavy (non-hydrogen) atoms. The number of anilines is 1. The van der Waals surface area contributed by atoms with Gasteiger partial charge < -0.3 is 4.90 Å². The second-order valence-electron chi connectivity index (χ2n) is 7.68. The minimum Gasteiger partial charge on any atom is -0.356 e. The molecular formula is C23H27N5. The van der Waals surface area contributed by atoms with Gasteiger partial charge in [-0.15, -0.1) is 0 Å². The number of benzene rings is 1. The molecule has 3 aromatic rings. The Hall–Kier alpha value is -2.82. The van der Waals surface area contributed by atoms with E-state index in [0.717, 1.165) is 67.6 Å². The van der Waals surface area contributed by atoms with E-state index in [2.05, 4.69) is 58.2 Å². The van der Waals surface area contributed by atoms with Crippen LogP contribution in [-0.2, 0) is 12.8 Å². The Morgan fingerprint density at radius 1 is 0.964 bits per heavy atom. The van der Waals surface area contributed by atoms with Crippen molar-refractivity contribution in [3.63, 3.8) is 0 Å². The first-order valence-electron chi connectivity index (χ1n) is 10.1. The number of hydrogen-bond acceptors (Lipinski definition) is 5. The van der Waals surface area contributed by atoms with Crippen molar-refractivity contribution in [2.24, 2.45) is 5.92 Å². The van der Waals surface area contributed by atoms with Crippen LogP contribution in [0, 0.1) is 19.8 Å². The molecular weight excluding hydrogens is 346 g/mol. The normalized spacial score (nSPS) is 15.0. The Kier molecular flexibility index (Phi) is 5.60. The summed E-state index contributed by atoms with van der Waals surface area (Å²) in [6, 6.07) is 14.6. The molecule has 1 aliphatic heterocycles. The van der Waals surface area contributed by atoms with Gasteiger partial charge in [-0.1, -0.05) is 30.3 Å². The van der Waals surface area contributed by atoms with Gasteiger partial charge >= 0.3 is 0 Å². The van der Waals surface area contributed by atoms with Crippen LogP contribution in [0.3, 0.4) is 0 Å². The van der Waals surface area contributed by atoms with Crippen molar-refractivity contribution in [2.75, 3.05) is 18.0 Å². The van der Waals surface area contributed by atoms with Crippen LogP contribution in [0.1, 0.15) is 41.4 Å². The molecule has 4 rings (SSSR count). The molecule has 0 radical (unpaired) electrons. The van der Waals surface area contributed by atoms with E-state index >= 15 is 0 Å². The topological polar surface area (TPSA) is 54.8 Å². The average molecular weight is 374 g/mol. The van der Waals surface area contributed by atoms with Crippen molar-refractivity contribution in [2.45, 2.75) is 39.5 Å². The SMILES string of the molecule is Cc1cc(Cc2ccccc2)nc(CC2CCN(c3ccnc(C)n3)CC2)n1. The Morgan fingerprint density at radius 3 is 2.50 bits per heavy atom. The van der Waals surface area contributed by atoms with E-state index in [0.29, 0.717) is 5.92 Å². The first-order chi connectivity index (χ1) is 13.7. The van der Waals surface area contributed by atoms with Gasteiger partial charge in [0.05, 0.1) is 0 Å². The van der Waals surface area contributed by atoms with Crippen molar-refractivity contribution >= 4 is 5.82 Å². The molecule has 0 aliphatic carbocycles. The number of aromatic nitrogens is 4. The zero-order valence-electron chi connectivity index (χ0n) is 16.7. The molecule has 1 aromatic carbocycles. The average Bonchev–Trinajstić information content (AvgIpc) is 2.69. The molecule has 0 spiro atoms. The summed E-state index contributed by atoms with van der Waals surface area (Å²) < 4.78 is 0. The lowest BCUT2D eigenvalue weighted by Crippen LogP contribution is -2.35. The number of nitrogens with zero attached hydrogens (tertiary/aromatic N) is 5. The van der Waals surface area contributed by atoms with Crippen LogP contribution in [0.4, 0.5) is 5.82 Å². The van der Waals surface area contributed by atoms with Crippen LogP contribution in [0.5, 0.6) is 0 Å². The molecule has 2 aromatic heterocycles. The standard InChI is InChI=1S/C23H27N5/c1-17-14-21(15-19-6-4-3-5-7-19)27-22(25-17)16-20-9-12-28(13-10-20)23-8-11-24-18(2)26-23/h3-8,11,14,20H,9-10,12-13,15-16H2,1-2H3. The third kappa shape index (κ3) is 4.71. The van der Waals surface area contributed by atoms with E-state index in [1.807, 2.05) is 19.2 Å². The Bertz CT molecular complexity index is 917. The molecule has 5 nitrogen and oxygen atoms in total. The van der Waals surface area contributed by atoms with E-state index in [1.54, 1.807) is 0 Å². The largest absolute Gasteiger partial charge is 0.356 e. The molecule has 1 fully saturated rings. The second kappa shape index (κ2) is 8.46. The Balaban J connectivity index is 1.38. The van der Waals surface area contributed by atoms with Crippen LogP contribution in [-0.4, -0.2) is 33.0 Å². The lowest BCUT2D eigenvalue weighted by Gasteiger charge is -2.32. The van der Waals surface area contributed by atoms with Crippen LogP contribution < -0.4 is 4.90 Å². The predicted molar refractivity (Wildman–Crippen MR) is 111 cm³/mol. The number of piperidine rings is 1. The van der Waals surface area contributed by atoms with Gasteiger partial charge in [-0.05, 0) is 50.3 Å². The molecule has 0 amide bonds. The molecule has 3 heterocycles. The molecule has 0 bridgehead atoms. The summed E-state index contributed by atoms with van der Waals surface area (Å²) >= 11 is 0. The maximum Gasteiger partial charge on any atom is 0.132 e. The molecule has 0 saturated carbocycles. The fourth-order valence-corrected chi connectivity index (χ4v) is 3.93. The van der Waals surface area contributed by atoms with Crippen molar-refractivity contribution in [1.82, 2.24) is 19.9 Å². The third-order valence-corrected chi connectivity index (χ3v) is 5.35. The van der Waals surface area contributed by atoms with E-state index in [4.69, 9.17) is 9.97 Å². The zero-order chi connectivity index (χ0) is 19.3. The minimum absolute atomic E-state index is 0.630. The highest BCUT2D eigenvalue weighted by Gasteiger charge is 2.21. The monoisotopic (exact) mass is 373 g/mol. The first kappa shape index (κ1) is 18.5. The highest BCUT2D eigenvalue weighted by molar-refractivity contribution is 5.37. The molecule has 0 unspecified atom stereocenters. The summed E-state index contributed by atoms with van der Waals surface area (Å²) in [5.41, 5.74) is 3.47. The summed E-state index contributed by atoms with van der Waals surface area (Å²) in [5, 5.41) is 0. The second-order valence-corrected chi connectivity index (χ2v) is 7.68. The predicted octanol–water partition coefficient (Wildman–Crippen LogP) is 3.93. The van der Waals surface area contributed by atoms with E-state index in [9.17, 15) is 0 Å². The molecule has 0 atom stereocenters. The summed E-state index contributed by atoms with van der Waals surface area (Å²) in [7, 11) is 0. The van der Waals surface area contributed by atoms with Crippen LogP contribution >= 0.6 is 0 Å². The van der Waals surface area contributed by atoms with Crippen molar-refractivity contribution < 1.29 is 0 Å². The van der Waals surface area contributed by atoms with Crippen molar-refractivity contribution in [1.29, 1.82) is 0 Å². The minimum atomic E-state index is 0.630. The lowest BCUT2D eigenvalue weighted by atomic mass is 9.93. The van der Waals surface area contributed by atoms with Gasteiger partial charge in [0.1, 0.15) is 17.5 Å². The molecule has 144 valence electrons. The van der Waals surface area contributed by atoms with Gasteiger partial charge in [-0.2, -0.15) is 0 Å². The smallest absolute Gasteiger partial charge is 0.132 e. The Morgan fingerprint density at radius 2 is 1.75 bits per heavy atom. The van der Waals surface area contributed by atoms with Gasteiger partial charge in [0, 0.05) is 43.5 Å². The quantitative estimate of drug-likeness (QED) is 0.678. The lowest BCUT2D eigenvalue weighted by molar-refractivity contribution is 0.394. The van der Waals surface area contributed by atoms with E-state index < -0.39 is 0 Å². The number of hydrogen-bond donors (Lipinski definition) is 0. The number of aryl methyl sites for hydroxylation is 2.